The van der Waals surface area contributed by atoms with Gasteiger partial charge in [0.05, 0.1) is 24.2 Å². The molecule has 0 unspecified atom stereocenters. The Labute approximate surface area is 117 Å². The van der Waals surface area contributed by atoms with Crippen molar-refractivity contribution in [2.45, 2.75) is 13.2 Å². The van der Waals surface area contributed by atoms with E-state index >= 15 is 0 Å². The number of para-hydroxylation sites is 3. The van der Waals surface area contributed by atoms with Gasteiger partial charge in [0.25, 0.3) is 0 Å². The molecule has 0 fully saturated rings. The second-order valence-corrected chi connectivity index (χ2v) is 4.74. The Morgan fingerprint density at radius 2 is 1.85 bits per heavy atom. The van der Waals surface area contributed by atoms with Crippen LogP contribution in [0.25, 0.3) is 11.0 Å². The van der Waals surface area contributed by atoms with E-state index in [1.54, 1.807) is 0 Å². The second kappa shape index (κ2) is 5.35. The number of nitrogens with one attached hydrogen (secondary N) is 1. The zero-order valence-electron chi connectivity index (χ0n) is 11.4. The highest BCUT2D eigenvalue weighted by Crippen LogP contribution is 2.18. The summed E-state index contributed by atoms with van der Waals surface area (Å²) in [7, 11) is 2.02. The maximum absolute atomic E-state index is 9.32. The zero-order valence-corrected chi connectivity index (χ0v) is 11.4. The van der Waals surface area contributed by atoms with Crippen LogP contribution >= 0.6 is 0 Å². The number of hydrogen-bond donors (Lipinski definition) is 2. The lowest BCUT2D eigenvalue weighted by molar-refractivity contribution is 0.282. The average Bonchev–Trinajstić information content (AvgIpc) is 2.82. The van der Waals surface area contributed by atoms with Crippen molar-refractivity contribution in [3.63, 3.8) is 0 Å². The summed E-state index contributed by atoms with van der Waals surface area (Å²) in [5, 5.41) is 12.7. The van der Waals surface area contributed by atoms with Crippen molar-refractivity contribution < 1.29 is 5.11 Å². The third-order valence-electron chi connectivity index (χ3n) is 3.50. The summed E-state index contributed by atoms with van der Waals surface area (Å²) in [6, 6.07) is 15.8. The molecule has 4 nitrogen and oxygen atoms in total. The molecule has 0 bridgehead atoms. The standard InChI is InChI=1S/C16H17N3O/c1-19-15-9-5-4-8-14(15)18-16(19)10-17-13-7-3-2-6-12(13)11-20/h2-9,17,20H,10-11H2,1H3. The maximum Gasteiger partial charge on any atom is 0.128 e. The summed E-state index contributed by atoms with van der Waals surface area (Å²) in [6.07, 6.45) is 0. The normalized spacial score (nSPS) is 10.9. The van der Waals surface area contributed by atoms with Crippen LogP contribution in [0.15, 0.2) is 48.5 Å². The van der Waals surface area contributed by atoms with E-state index in [9.17, 15) is 5.11 Å². The maximum atomic E-state index is 9.32. The summed E-state index contributed by atoms with van der Waals surface area (Å²) in [5.74, 6) is 0.971. The van der Waals surface area contributed by atoms with Gasteiger partial charge in [0.1, 0.15) is 5.82 Å². The molecule has 0 amide bonds. The summed E-state index contributed by atoms with van der Waals surface area (Å²) in [4.78, 5) is 4.62. The lowest BCUT2D eigenvalue weighted by atomic mass is 10.2. The molecule has 0 aliphatic heterocycles. The fourth-order valence-corrected chi connectivity index (χ4v) is 2.36. The minimum atomic E-state index is 0.0334. The average molecular weight is 267 g/mol. The lowest BCUT2D eigenvalue weighted by Gasteiger charge is -2.10. The molecule has 2 N–H and O–H groups in total. The molecule has 0 aliphatic rings. The van der Waals surface area contributed by atoms with Gasteiger partial charge in [-0.15, -0.1) is 0 Å². The first-order chi connectivity index (χ1) is 9.79. The van der Waals surface area contributed by atoms with E-state index in [0.29, 0.717) is 6.54 Å². The van der Waals surface area contributed by atoms with Crippen molar-refractivity contribution in [3.8, 4) is 0 Å². The van der Waals surface area contributed by atoms with Gasteiger partial charge >= 0.3 is 0 Å². The van der Waals surface area contributed by atoms with E-state index in [1.807, 2.05) is 49.5 Å². The molecular formula is C16H17N3O. The molecule has 102 valence electrons. The number of hydrogen-bond acceptors (Lipinski definition) is 3. The fraction of sp³-hybridized carbons (Fsp3) is 0.188. The summed E-state index contributed by atoms with van der Waals surface area (Å²) in [5.41, 5.74) is 3.97. The minimum absolute atomic E-state index is 0.0334. The molecule has 0 radical (unpaired) electrons. The van der Waals surface area contributed by atoms with Gasteiger partial charge < -0.3 is 15.0 Å². The lowest BCUT2D eigenvalue weighted by Crippen LogP contribution is -2.07. The first kappa shape index (κ1) is 12.7. The van der Waals surface area contributed by atoms with Gasteiger partial charge in [-0.1, -0.05) is 30.3 Å². The Hall–Kier alpha value is -2.33. The second-order valence-electron chi connectivity index (χ2n) is 4.74. The molecule has 4 heteroatoms. The number of aliphatic hydroxyl groups excluding tert-OH is 1. The first-order valence-electron chi connectivity index (χ1n) is 6.62. The van der Waals surface area contributed by atoms with Crippen LogP contribution < -0.4 is 5.32 Å². The number of aryl methyl sites for hydroxylation is 1. The highest BCUT2D eigenvalue weighted by molar-refractivity contribution is 5.75. The van der Waals surface area contributed by atoms with Gasteiger partial charge in [0.15, 0.2) is 0 Å². The minimum Gasteiger partial charge on any atom is -0.392 e. The van der Waals surface area contributed by atoms with E-state index in [0.717, 1.165) is 28.1 Å². The van der Waals surface area contributed by atoms with Crippen LogP contribution in [0.4, 0.5) is 5.69 Å². The number of rotatable bonds is 4. The van der Waals surface area contributed by atoms with Crippen molar-refractivity contribution >= 4 is 16.7 Å². The van der Waals surface area contributed by atoms with Crippen LogP contribution in [0.3, 0.4) is 0 Å². The summed E-state index contributed by atoms with van der Waals surface area (Å²) < 4.78 is 2.09. The van der Waals surface area contributed by atoms with Gasteiger partial charge in [0, 0.05) is 18.3 Å². The van der Waals surface area contributed by atoms with Gasteiger partial charge in [-0.25, -0.2) is 4.98 Å². The highest BCUT2D eigenvalue weighted by Gasteiger charge is 2.07. The van der Waals surface area contributed by atoms with Crippen LogP contribution in [-0.4, -0.2) is 14.7 Å². The van der Waals surface area contributed by atoms with Crippen molar-refractivity contribution in [1.29, 1.82) is 0 Å². The Kier molecular flexibility index (Phi) is 3.39. The molecule has 0 spiro atoms. The summed E-state index contributed by atoms with van der Waals surface area (Å²) in [6.45, 7) is 0.661. The predicted molar refractivity (Wildman–Crippen MR) is 80.4 cm³/mol. The third-order valence-corrected chi connectivity index (χ3v) is 3.50. The molecular weight excluding hydrogens is 250 g/mol. The number of anilines is 1. The Balaban J connectivity index is 1.85. The molecule has 1 heterocycles. The van der Waals surface area contributed by atoms with Crippen LogP contribution in [0.5, 0.6) is 0 Å². The van der Waals surface area contributed by atoms with Crippen molar-refractivity contribution in [2.24, 2.45) is 7.05 Å². The smallest absolute Gasteiger partial charge is 0.128 e. The fourth-order valence-electron chi connectivity index (χ4n) is 2.36. The van der Waals surface area contributed by atoms with E-state index in [4.69, 9.17) is 0 Å². The van der Waals surface area contributed by atoms with Crippen LogP contribution in [0.2, 0.25) is 0 Å². The van der Waals surface area contributed by atoms with Crippen LogP contribution in [0, 0.1) is 0 Å². The van der Waals surface area contributed by atoms with Crippen molar-refractivity contribution in [3.05, 3.63) is 59.9 Å². The SMILES string of the molecule is Cn1c(CNc2ccccc2CO)nc2ccccc21. The number of fused-ring (bicyclic) bond motifs is 1. The highest BCUT2D eigenvalue weighted by atomic mass is 16.3. The molecule has 0 saturated carbocycles. The predicted octanol–water partition coefficient (Wildman–Crippen LogP) is 2.68. The number of benzene rings is 2. The molecule has 0 atom stereocenters. The van der Waals surface area contributed by atoms with E-state index in [2.05, 4.69) is 20.9 Å². The monoisotopic (exact) mass is 267 g/mol. The van der Waals surface area contributed by atoms with Gasteiger partial charge in [-0.05, 0) is 18.2 Å². The van der Waals surface area contributed by atoms with E-state index < -0.39 is 0 Å². The van der Waals surface area contributed by atoms with Crippen molar-refractivity contribution in [1.82, 2.24) is 9.55 Å². The number of aromatic nitrogens is 2. The molecule has 0 aliphatic carbocycles. The zero-order chi connectivity index (χ0) is 13.9. The quantitative estimate of drug-likeness (QED) is 0.764. The molecule has 20 heavy (non-hydrogen) atoms. The topological polar surface area (TPSA) is 50.1 Å². The molecule has 0 saturated heterocycles. The van der Waals surface area contributed by atoms with Crippen molar-refractivity contribution in [2.75, 3.05) is 5.32 Å². The molecule has 1 aromatic heterocycles. The molecule has 3 aromatic rings. The Bertz CT molecular complexity index is 733. The van der Waals surface area contributed by atoms with E-state index in [1.165, 1.54) is 0 Å². The van der Waals surface area contributed by atoms with Gasteiger partial charge in [0.2, 0.25) is 0 Å². The van der Waals surface area contributed by atoms with Gasteiger partial charge in [-0.3, -0.25) is 0 Å². The number of nitrogens with zero attached hydrogens (tertiary/aromatic N) is 2. The van der Waals surface area contributed by atoms with E-state index in [-0.39, 0.29) is 6.61 Å². The van der Waals surface area contributed by atoms with Gasteiger partial charge in [-0.2, -0.15) is 0 Å². The van der Waals surface area contributed by atoms with Crippen LogP contribution in [-0.2, 0) is 20.2 Å². The number of imidazole rings is 1. The first-order valence-corrected chi connectivity index (χ1v) is 6.62. The molecule has 2 aromatic carbocycles. The third kappa shape index (κ3) is 2.26. The summed E-state index contributed by atoms with van der Waals surface area (Å²) >= 11 is 0. The Morgan fingerprint density at radius 3 is 2.65 bits per heavy atom. The Morgan fingerprint density at radius 1 is 1.10 bits per heavy atom. The van der Waals surface area contributed by atoms with Crippen LogP contribution in [0.1, 0.15) is 11.4 Å². The largest absolute Gasteiger partial charge is 0.392 e. The molecule has 3 rings (SSSR count). The number of aliphatic hydroxyl groups is 1.